The fourth-order valence-corrected chi connectivity index (χ4v) is 4.83. The maximum Gasteiger partial charge on any atom is 0.416 e. The number of piperidine rings is 1. The lowest BCUT2D eigenvalue weighted by atomic mass is 10.1. The second-order valence-electron chi connectivity index (χ2n) is 8.14. The van der Waals surface area contributed by atoms with Gasteiger partial charge in [0.2, 0.25) is 5.91 Å². The first-order valence-corrected chi connectivity index (χ1v) is 12.2. The SMILES string of the molecule is CCC(=O)N(C)C1CCCN(S(=O)(=O)NC(=O)c2coc(Nc3cc(C(F)(F)F)ccc3C)n2)C1. The second kappa shape index (κ2) is 10.2. The first-order valence-electron chi connectivity index (χ1n) is 10.8. The van der Waals surface area contributed by atoms with Crippen LogP contribution in [-0.4, -0.2) is 60.6 Å². The molecular weight excluding hydrogens is 491 g/mol. The molecule has 1 fully saturated rings. The molecule has 0 spiro atoms. The number of aryl methyl sites for hydroxylation is 1. The average Bonchev–Trinajstić information content (AvgIpc) is 3.27. The number of carbonyl (C=O) groups is 2. The van der Waals surface area contributed by atoms with Crippen LogP contribution in [0.1, 0.15) is 47.8 Å². The van der Waals surface area contributed by atoms with E-state index < -0.39 is 27.9 Å². The Hall–Kier alpha value is -3.13. The van der Waals surface area contributed by atoms with Gasteiger partial charge in [-0.2, -0.15) is 30.9 Å². The summed E-state index contributed by atoms with van der Waals surface area (Å²) < 4.78 is 72.6. The molecule has 0 aliphatic carbocycles. The number of hydrogen-bond donors (Lipinski definition) is 2. The van der Waals surface area contributed by atoms with E-state index in [2.05, 4.69) is 10.3 Å². The van der Waals surface area contributed by atoms with Gasteiger partial charge in [0.25, 0.3) is 11.9 Å². The van der Waals surface area contributed by atoms with Crippen LogP contribution in [0.5, 0.6) is 0 Å². The Kier molecular flexibility index (Phi) is 7.74. The molecule has 1 unspecified atom stereocenters. The van der Waals surface area contributed by atoms with E-state index in [-0.39, 0.29) is 42.4 Å². The van der Waals surface area contributed by atoms with Crippen molar-refractivity contribution in [2.24, 2.45) is 0 Å². The zero-order chi connectivity index (χ0) is 26.0. The topological polar surface area (TPSA) is 125 Å². The molecule has 2 N–H and O–H groups in total. The largest absolute Gasteiger partial charge is 0.431 e. The Labute approximate surface area is 200 Å². The number of alkyl halides is 3. The van der Waals surface area contributed by atoms with Crippen molar-refractivity contribution in [2.75, 3.05) is 25.5 Å². The third kappa shape index (κ3) is 6.31. The molecule has 1 aliphatic rings. The molecule has 2 heterocycles. The van der Waals surface area contributed by atoms with Gasteiger partial charge < -0.3 is 14.6 Å². The van der Waals surface area contributed by atoms with E-state index >= 15 is 0 Å². The second-order valence-corrected chi connectivity index (χ2v) is 9.81. The van der Waals surface area contributed by atoms with Gasteiger partial charge in [-0.25, -0.2) is 4.72 Å². The molecule has 1 atom stereocenters. The lowest BCUT2D eigenvalue weighted by Gasteiger charge is -2.36. The van der Waals surface area contributed by atoms with Gasteiger partial charge in [-0.3, -0.25) is 9.59 Å². The lowest BCUT2D eigenvalue weighted by molar-refractivity contribution is -0.137. The summed E-state index contributed by atoms with van der Waals surface area (Å²) in [5.41, 5.74) is -0.734. The molecule has 0 radical (unpaired) electrons. The quantitative estimate of drug-likeness (QED) is 0.578. The molecule has 2 amide bonds. The molecule has 1 aliphatic heterocycles. The third-order valence-electron chi connectivity index (χ3n) is 5.71. The monoisotopic (exact) mass is 517 g/mol. The molecule has 14 heteroatoms. The van der Waals surface area contributed by atoms with Crippen molar-refractivity contribution in [1.29, 1.82) is 0 Å². The molecule has 2 aromatic rings. The van der Waals surface area contributed by atoms with Gasteiger partial charge >= 0.3 is 16.4 Å². The predicted octanol–water partition coefficient (Wildman–Crippen LogP) is 3.05. The van der Waals surface area contributed by atoms with E-state index in [9.17, 15) is 31.2 Å². The molecule has 0 saturated carbocycles. The third-order valence-corrected chi connectivity index (χ3v) is 7.16. The van der Waals surface area contributed by atoms with Gasteiger partial charge in [0.1, 0.15) is 6.26 Å². The van der Waals surface area contributed by atoms with Gasteiger partial charge in [0, 0.05) is 38.3 Å². The van der Waals surface area contributed by atoms with E-state index in [4.69, 9.17) is 4.42 Å². The summed E-state index contributed by atoms with van der Waals surface area (Å²) in [6.07, 6.45) is -2.22. The number of halogens is 3. The number of nitrogens with one attached hydrogen (secondary N) is 2. The van der Waals surface area contributed by atoms with Gasteiger partial charge in [-0.05, 0) is 37.5 Å². The maximum atomic E-state index is 13.0. The lowest BCUT2D eigenvalue weighted by Crippen LogP contribution is -2.53. The normalized spacial score (nSPS) is 17.1. The van der Waals surface area contributed by atoms with Crippen molar-refractivity contribution in [3.63, 3.8) is 0 Å². The zero-order valence-corrected chi connectivity index (χ0v) is 20.2. The molecule has 10 nitrogen and oxygen atoms in total. The van der Waals surface area contributed by atoms with E-state index in [1.54, 1.807) is 20.9 Å². The summed E-state index contributed by atoms with van der Waals surface area (Å²) in [7, 11) is -2.63. The zero-order valence-electron chi connectivity index (χ0n) is 19.3. The first-order chi connectivity index (χ1) is 16.3. The standard InChI is InChI=1S/C21H26F3N5O5S/c1-4-18(30)28(3)15-6-5-9-29(11-15)35(32,33)27-19(31)17-12-34-20(26-17)25-16-10-14(21(22,23)24)8-7-13(16)2/h7-8,10,12,15H,4-6,9,11H2,1-3H3,(H,25,26)(H,27,31). The fraction of sp³-hybridized carbons (Fsp3) is 0.476. The van der Waals surface area contributed by atoms with Crippen molar-refractivity contribution >= 4 is 33.7 Å². The summed E-state index contributed by atoms with van der Waals surface area (Å²) in [5.74, 6) is -1.18. The number of likely N-dealkylation sites (N-methyl/N-ethyl adjacent to an activating group) is 1. The number of anilines is 2. The minimum atomic E-state index is -4.55. The molecule has 0 bridgehead atoms. The van der Waals surface area contributed by atoms with E-state index in [0.717, 1.165) is 22.7 Å². The highest BCUT2D eigenvalue weighted by Gasteiger charge is 2.34. The summed E-state index contributed by atoms with van der Waals surface area (Å²) in [4.78, 5) is 29.8. The maximum absolute atomic E-state index is 13.0. The molecule has 35 heavy (non-hydrogen) atoms. The van der Waals surface area contributed by atoms with Crippen LogP contribution in [0, 0.1) is 6.92 Å². The van der Waals surface area contributed by atoms with Crippen molar-refractivity contribution in [3.8, 4) is 0 Å². The molecule has 192 valence electrons. The summed E-state index contributed by atoms with van der Waals surface area (Å²) in [5, 5.41) is 2.57. The van der Waals surface area contributed by atoms with Crippen LogP contribution in [0.3, 0.4) is 0 Å². The number of nitrogens with zero attached hydrogens (tertiary/aromatic N) is 3. The van der Waals surface area contributed by atoms with Gasteiger partial charge in [0.15, 0.2) is 5.69 Å². The average molecular weight is 518 g/mol. The highest BCUT2D eigenvalue weighted by Crippen LogP contribution is 2.33. The molecule has 3 rings (SSSR count). The first kappa shape index (κ1) is 26.5. The summed E-state index contributed by atoms with van der Waals surface area (Å²) in [6.45, 7) is 3.49. The highest BCUT2D eigenvalue weighted by molar-refractivity contribution is 7.87. The fourth-order valence-electron chi connectivity index (χ4n) is 3.63. The number of carbonyl (C=O) groups excluding carboxylic acids is 2. The van der Waals surface area contributed by atoms with Crippen LogP contribution >= 0.6 is 0 Å². The minimum absolute atomic E-state index is 0.0330. The van der Waals surface area contributed by atoms with Crippen molar-refractivity contribution in [3.05, 3.63) is 41.3 Å². The van der Waals surface area contributed by atoms with Crippen LogP contribution in [0.25, 0.3) is 0 Å². The number of oxazole rings is 1. The van der Waals surface area contributed by atoms with Gasteiger partial charge in [-0.15, -0.1) is 0 Å². The molecule has 1 saturated heterocycles. The van der Waals surface area contributed by atoms with Crippen molar-refractivity contribution < 1.29 is 35.6 Å². The van der Waals surface area contributed by atoms with E-state index in [1.807, 2.05) is 4.72 Å². The number of benzene rings is 1. The van der Waals surface area contributed by atoms with Crippen molar-refractivity contribution in [2.45, 2.75) is 45.3 Å². The minimum Gasteiger partial charge on any atom is -0.431 e. The van der Waals surface area contributed by atoms with Gasteiger partial charge in [-0.1, -0.05) is 13.0 Å². The summed E-state index contributed by atoms with van der Waals surface area (Å²) in [6, 6.07) is 2.47. The molecule has 1 aromatic carbocycles. The number of amides is 2. The van der Waals surface area contributed by atoms with Crippen LogP contribution in [0.15, 0.2) is 28.9 Å². The van der Waals surface area contributed by atoms with E-state index in [0.29, 0.717) is 24.8 Å². The van der Waals surface area contributed by atoms with Gasteiger partial charge in [0.05, 0.1) is 5.56 Å². The smallest absolute Gasteiger partial charge is 0.416 e. The molecule has 1 aromatic heterocycles. The van der Waals surface area contributed by atoms with Crippen LogP contribution in [0.4, 0.5) is 24.9 Å². The number of hydrogen-bond acceptors (Lipinski definition) is 7. The van der Waals surface area contributed by atoms with Crippen LogP contribution in [-0.2, 0) is 21.2 Å². The van der Waals surface area contributed by atoms with Crippen molar-refractivity contribution in [1.82, 2.24) is 18.9 Å². The number of rotatable bonds is 7. The Morgan fingerprint density at radius 3 is 2.69 bits per heavy atom. The predicted molar refractivity (Wildman–Crippen MR) is 120 cm³/mol. The Bertz CT molecular complexity index is 1200. The number of aromatic nitrogens is 1. The summed E-state index contributed by atoms with van der Waals surface area (Å²) >= 11 is 0. The Morgan fingerprint density at radius 1 is 1.31 bits per heavy atom. The Balaban J connectivity index is 1.68. The highest BCUT2D eigenvalue weighted by atomic mass is 32.2. The van der Waals surface area contributed by atoms with Crippen LogP contribution in [0.2, 0.25) is 0 Å². The van der Waals surface area contributed by atoms with Crippen LogP contribution < -0.4 is 10.0 Å². The molecular formula is C21H26F3N5O5S. The van der Waals surface area contributed by atoms with E-state index in [1.165, 1.54) is 11.0 Å². The Morgan fingerprint density at radius 2 is 2.03 bits per heavy atom.